The summed E-state index contributed by atoms with van der Waals surface area (Å²) >= 11 is 5.16. The number of hydrogen-bond acceptors (Lipinski definition) is 3. The first-order chi connectivity index (χ1) is 9.70. The quantitative estimate of drug-likeness (QED) is 0.660. The topological polar surface area (TPSA) is 50.4 Å². The van der Waals surface area contributed by atoms with Crippen LogP contribution in [-0.2, 0) is 4.79 Å². The van der Waals surface area contributed by atoms with Gasteiger partial charge in [-0.1, -0.05) is 39.5 Å². The number of amides is 1. The van der Waals surface area contributed by atoms with Crippen molar-refractivity contribution in [2.75, 3.05) is 11.9 Å². The molecule has 0 atom stereocenters. The first-order valence-corrected chi connectivity index (χ1v) is 7.09. The molecule has 0 aromatic heterocycles. The molecule has 4 nitrogen and oxygen atoms in total. The zero-order valence-corrected chi connectivity index (χ0v) is 13.8. The van der Waals surface area contributed by atoms with Crippen molar-refractivity contribution in [1.82, 2.24) is 5.32 Å². The Morgan fingerprint density at radius 1 is 1.33 bits per heavy atom. The Morgan fingerprint density at radius 3 is 2.52 bits per heavy atom. The summed E-state index contributed by atoms with van der Waals surface area (Å²) in [4.78, 5) is 11.9. The fraction of sp³-hybridized carbons (Fsp3) is 0.375. The second kappa shape index (κ2) is 7.22. The third-order valence-corrected chi connectivity index (χ3v) is 2.72. The Balaban J connectivity index is 2.72. The van der Waals surface area contributed by atoms with Crippen LogP contribution in [0.25, 0.3) is 0 Å². The van der Waals surface area contributed by atoms with E-state index in [-0.39, 0.29) is 11.0 Å². The molecule has 21 heavy (non-hydrogen) atoms. The first-order valence-electron chi connectivity index (χ1n) is 6.69. The monoisotopic (exact) mass is 306 g/mol. The van der Waals surface area contributed by atoms with Crippen LogP contribution >= 0.6 is 12.2 Å². The average Bonchev–Trinajstić information content (AvgIpc) is 2.36. The van der Waals surface area contributed by atoms with E-state index in [4.69, 9.17) is 17.0 Å². The van der Waals surface area contributed by atoms with Crippen LogP contribution in [-0.4, -0.2) is 17.6 Å². The number of thiocarbonyl (C=S) groups is 1. The van der Waals surface area contributed by atoms with Gasteiger partial charge in [0.2, 0.25) is 5.91 Å². The minimum absolute atomic E-state index is 0.139. The zero-order chi connectivity index (χ0) is 16.0. The van der Waals surface area contributed by atoms with Crippen molar-refractivity contribution in [3.8, 4) is 5.75 Å². The van der Waals surface area contributed by atoms with Gasteiger partial charge in [0.25, 0.3) is 0 Å². The molecule has 0 aliphatic rings. The maximum absolute atomic E-state index is 11.9. The van der Waals surface area contributed by atoms with E-state index in [2.05, 4.69) is 17.2 Å². The summed E-state index contributed by atoms with van der Waals surface area (Å²) < 4.78 is 5.64. The summed E-state index contributed by atoms with van der Waals surface area (Å²) in [5.74, 6) is 0.521. The molecular weight excluding hydrogens is 284 g/mol. The first kappa shape index (κ1) is 17.2. The van der Waals surface area contributed by atoms with Gasteiger partial charge in [0.1, 0.15) is 12.4 Å². The number of rotatable bonds is 4. The summed E-state index contributed by atoms with van der Waals surface area (Å²) in [5.41, 5.74) is 1.13. The molecule has 1 aromatic rings. The summed E-state index contributed by atoms with van der Waals surface area (Å²) in [6, 6.07) is 7.41. The summed E-state index contributed by atoms with van der Waals surface area (Å²) in [7, 11) is 0. The number of para-hydroxylation sites is 2. The Labute approximate surface area is 131 Å². The van der Waals surface area contributed by atoms with Crippen LogP contribution in [0.4, 0.5) is 5.69 Å². The molecule has 0 saturated carbocycles. The van der Waals surface area contributed by atoms with Gasteiger partial charge in [0, 0.05) is 5.41 Å². The molecule has 0 spiro atoms. The normalized spacial score (nSPS) is 10.7. The summed E-state index contributed by atoms with van der Waals surface area (Å²) in [6.07, 6.45) is 0. The fourth-order valence-corrected chi connectivity index (χ4v) is 1.54. The minimum atomic E-state index is -0.498. The van der Waals surface area contributed by atoms with Gasteiger partial charge in [-0.2, -0.15) is 0 Å². The fourth-order valence-electron chi connectivity index (χ4n) is 1.34. The SMILES string of the molecule is C=C(C)COc1ccccc1NC(=S)NC(=O)C(C)(C)C. The van der Waals surface area contributed by atoms with Crippen molar-refractivity contribution in [2.45, 2.75) is 27.7 Å². The lowest BCUT2D eigenvalue weighted by atomic mass is 9.96. The van der Waals surface area contributed by atoms with E-state index in [0.717, 1.165) is 5.57 Å². The molecule has 0 aliphatic carbocycles. The molecule has 5 heteroatoms. The lowest BCUT2D eigenvalue weighted by Crippen LogP contribution is -2.41. The van der Waals surface area contributed by atoms with E-state index in [0.29, 0.717) is 18.0 Å². The van der Waals surface area contributed by atoms with Crippen molar-refractivity contribution in [3.63, 3.8) is 0 Å². The van der Waals surface area contributed by atoms with Gasteiger partial charge in [-0.05, 0) is 36.8 Å². The van der Waals surface area contributed by atoms with E-state index < -0.39 is 5.41 Å². The highest BCUT2D eigenvalue weighted by atomic mass is 32.1. The molecule has 2 N–H and O–H groups in total. The standard InChI is InChI=1S/C16H22N2O2S/c1-11(2)10-20-13-9-7-6-8-12(13)17-15(21)18-14(19)16(3,4)5/h6-9H,1,10H2,2-5H3,(H2,17,18,19,21). The maximum atomic E-state index is 11.9. The predicted octanol–water partition coefficient (Wildman–Crippen LogP) is 3.50. The summed E-state index contributed by atoms with van der Waals surface area (Å²) in [6.45, 7) is 11.6. The van der Waals surface area contributed by atoms with Crippen LogP contribution in [0, 0.1) is 5.41 Å². The van der Waals surface area contributed by atoms with Gasteiger partial charge in [-0.3, -0.25) is 4.79 Å². The molecule has 0 heterocycles. The summed E-state index contributed by atoms with van der Waals surface area (Å²) in [5, 5.41) is 5.90. The van der Waals surface area contributed by atoms with Crippen LogP contribution in [0.1, 0.15) is 27.7 Å². The van der Waals surface area contributed by atoms with Gasteiger partial charge in [0.05, 0.1) is 5.69 Å². The lowest BCUT2D eigenvalue weighted by Gasteiger charge is -2.19. The van der Waals surface area contributed by atoms with Crippen LogP contribution < -0.4 is 15.4 Å². The number of anilines is 1. The van der Waals surface area contributed by atoms with Crippen LogP contribution in [0.15, 0.2) is 36.4 Å². The number of carbonyl (C=O) groups is 1. The van der Waals surface area contributed by atoms with E-state index in [1.54, 1.807) is 0 Å². The van der Waals surface area contributed by atoms with E-state index in [9.17, 15) is 4.79 Å². The van der Waals surface area contributed by atoms with Crippen LogP contribution in [0.5, 0.6) is 5.75 Å². The number of carbonyl (C=O) groups excluding carboxylic acids is 1. The highest BCUT2D eigenvalue weighted by molar-refractivity contribution is 7.80. The Bertz CT molecular complexity index is 547. The van der Waals surface area contributed by atoms with Gasteiger partial charge < -0.3 is 15.4 Å². The number of nitrogens with one attached hydrogen (secondary N) is 2. The second-order valence-corrected chi connectivity index (χ2v) is 6.31. The van der Waals surface area contributed by atoms with Crippen molar-refractivity contribution in [1.29, 1.82) is 0 Å². The highest BCUT2D eigenvalue weighted by Gasteiger charge is 2.22. The molecular formula is C16H22N2O2S. The lowest BCUT2D eigenvalue weighted by molar-refractivity contribution is -0.126. The minimum Gasteiger partial charge on any atom is -0.487 e. The van der Waals surface area contributed by atoms with Crippen LogP contribution in [0.3, 0.4) is 0 Å². The third kappa shape index (κ3) is 5.95. The largest absolute Gasteiger partial charge is 0.487 e. The molecule has 0 saturated heterocycles. The molecule has 1 amide bonds. The maximum Gasteiger partial charge on any atom is 0.231 e. The van der Waals surface area contributed by atoms with Gasteiger partial charge in [0.15, 0.2) is 5.11 Å². The van der Waals surface area contributed by atoms with Gasteiger partial charge in [-0.25, -0.2) is 0 Å². The number of ether oxygens (including phenoxy) is 1. The average molecular weight is 306 g/mol. The third-order valence-electron chi connectivity index (χ3n) is 2.52. The molecule has 0 bridgehead atoms. The van der Waals surface area contributed by atoms with Gasteiger partial charge >= 0.3 is 0 Å². The number of benzene rings is 1. The van der Waals surface area contributed by atoms with Gasteiger partial charge in [-0.15, -0.1) is 0 Å². The molecule has 1 aromatic carbocycles. The Kier molecular flexibility index (Phi) is 5.90. The number of hydrogen-bond donors (Lipinski definition) is 2. The molecule has 1 rings (SSSR count). The van der Waals surface area contributed by atoms with Crippen molar-refractivity contribution in [2.24, 2.45) is 5.41 Å². The predicted molar refractivity (Wildman–Crippen MR) is 90.6 cm³/mol. The Hall–Kier alpha value is -1.88. The smallest absolute Gasteiger partial charge is 0.231 e. The molecule has 0 radical (unpaired) electrons. The molecule has 0 unspecified atom stereocenters. The molecule has 0 fully saturated rings. The van der Waals surface area contributed by atoms with Crippen LogP contribution in [0.2, 0.25) is 0 Å². The van der Waals surface area contributed by atoms with E-state index >= 15 is 0 Å². The molecule has 0 aliphatic heterocycles. The molecule has 114 valence electrons. The van der Waals surface area contributed by atoms with E-state index in [1.165, 1.54) is 0 Å². The Morgan fingerprint density at radius 2 is 1.95 bits per heavy atom. The highest BCUT2D eigenvalue weighted by Crippen LogP contribution is 2.24. The van der Waals surface area contributed by atoms with Crippen molar-refractivity contribution in [3.05, 3.63) is 36.4 Å². The van der Waals surface area contributed by atoms with Crippen molar-refractivity contribution >= 4 is 28.9 Å². The zero-order valence-electron chi connectivity index (χ0n) is 12.9. The van der Waals surface area contributed by atoms with E-state index in [1.807, 2.05) is 52.0 Å². The van der Waals surface area contributed by atoms with Crippen molar-refractivity contribution < 1.29 is 9.53 Å². The second-order valence-electron chi connectivity index (χ2n) is 5.90.